The van der Waals surface area contributed by atoms with Crippen LogP contribution < -0.4 is 10.2 Å². The van der Waals surface area contributed by atoms with Gasteiger partial charge in [-0.15, -0.1) is 0 Å². The molecule has 1 aromatic heterocycles. The van der Waals surface area contributed by atoms with Crippen LogP contribution >= 0.6 is 0 Å². The number of anilines is 1. The van der Waals surface area contributed by atoms with Crippen molar-refractivity contribution in [3.05, 3.63) is 59.3 Å². The first-order valence-electron chi connectivity index (χ1n) is 14.9. The molecule has 2 aromatic rings. The molecule has 2 aliphatic heterocycles. The van der Waals surface area contributed by atoms with Crippen LogP contribution in [-0.4, -0.2) is 66.4 Å². The molecule has 1 N–H and O–H groups in total. The predicted molar refractivity (Wildman–Crippen MR) is 155 cm³/mol. The third-order valence-corrected chi connectivity index (χ3v) is 8.16. The highest BCUT2D eigenvalue weighted by Crippen LogP contribution is 2.46. The number of ether oxygens (including phenoxy) is 2. The molecule has 1 amide bonds. The Hall–Kier alpha value is -2.97. The molecule has 8 heteroatoms. The minimum absolute atomic E-state index is 0.0142. The molecule has 216 valence electrons. The molecule has 1 aromatic carbocycles. The number of amides is 1. The first-order chi connectivity index (χ1) is 19.2. The van der Waals surface area contributed by atoms with Crippen molar-refractivity contribution >= 4 is 17.9 Å². The molecule has 4 atom stereocenters. The molecule has 8 nitrogen and oxygen atoms in total. The highest BCUT2D eigenvalue weighted by atomic mass is 16.6. The molecule has 3 heterocycles. The van der Waals surface area contributed by atoms with Gasteiger partial charge in [0.05, 0.1) is 13.0 Å². The fraction of sp³-hybridized carbons (Fsp3) is 0.594. The lowest BCUT2D eigenvalue weighted by molar-refractivity contribution is -0.143. The topological polar surface area (TPSA) is 84.0 Å². The normalized spacial score (nSPS) is 22.8. The molecule has 0 spiro atoms. The van der Waals surface area contributed by atoms with E-state index in [9.17, 15) is 9.59 Å². The number of carbonyl (C=O) groups excluding carboxylic acids is 2. The Morgan fingerprint density at radius 2 is 1.85 bits per heavy atom. The number of nitrogens with zero attached hydrogens (tertiary/aromatic N) is 3. The number of esters is 1. The van der Waals surface area contributed by atoms with Gasteiger partial charge in [0.25, 0.3) is 0 Å². The largest absolute Gasteiger partial charge is 0.466 e. The Labute approximate surface area is 238 Å². The van der Waals surface area contributed by atoms with E-state index in [-0.39, 0.29) is 18.1 Å². The summed E-state index contributed by atoms with van der Waals surface area (Å²) in [6.07, 6.45) is 3.84. The van der Waals surface area contributed by atoms with Gasteiger partial charge in [0.15, 0.2) is 0 Å². The summed E-state index contributed by atoms with van der Waals surface area (Å²) in [5, 5.41) is 3.78. The quantitative estimate of drug-likeness (QED) is 0.422. The van der Waals surface area contributed by atoms with Gasteiger partial charge < -0.3 is 19.7 Å². The zero-order valence-corrected chi connectivity index (χ0v) is 24.4. The van der Waals surface area contributed by atoms with Crippen molar-refractivity contribution in [1.82, 2.24) is 15.2 Å². The van der Waals surface area contributed by atoms with Crippen LogP contribution in [0.4, 0.5) is 10.6 Å². The Kier molecular flexibility index (Phi) is 8.76. The Morgan fingerprint density at radius 3 is 2.55 bits per heavy atom. The van der Waals surface area contributed by atoms with Crippen molar-refractivity contribution < 1.29 is 19.1 Å². The highest BCUT2D eigenvalue weighted by Gasteiger charge is 2.55. The smallest absolute Gasteiger partial charge is 0.416 e. The number of likely N-dealkylation sites (tertiary alicyclic amines) is 1. The molecular weight excluding hydrogens is 504 g/mol. The molecule has 1 aliphatic carbocycles. The highest BCUT2D eigenvalue weighted by molar-refractivity contribution is 5.88. The number of hydrogen-bond donors (Lipinski definition) is 1. The number of benzene rings is 1. The molecule has 5 rings (SSSR count). The number of rotatable bonds is 10. The van der Waals surface area contributed by atoms with Crippen molar-refractivity contribution in [2.75, 3.05) is 37.7 Å². The summed E-state index contributed by atoms with van der Waals surface area (Å²) in [4.78, 5) is 34.2. The lowest BCUT2D eigenvalue weighted by Gasteiger charge is -2.31. The number of aromatic nitrogens is 1. The van der Waals surface area contributed by atoms with Crippen molar-refractivity contribution in [3.8, 4) is 0 Å². The van der Waals surface area contributed by atoms with Gasteiger partial charge >= 0.3 is 12.1 Å². The van der Waals surface area contributed by atoms with Crippen LogP contribution in [-0.2, 0) is 27.1 Å². The van der Waals surface area contributed by atoms with Gasteiger partial charge in [-0.25, -0.2) is 9.78 Å². The summed E-state index contributed by atoms with van der Waals surface area (Å²) in [7, 11) is 0. The van der Waals surface area contributed by atoms with Crippen LogP contribution in [0, 0.1) is 11.8 Å². The first-order valence-corrected chi connectivity index (χ1v) is 14.9. The van der Waals surface area contributed by atoms with Gasteiger partial charge in [0.1, 0.15) is 11.4 Å². The monoisotopic (exact) mass is 548 g/mol. The van der Waals surface area contributed by atoms with Gasteiger partial charge in [-0.2, -0.15) is 0 Å². The summed E-state index contributed by atoms with van der Waals surface area (Å²) in [5.74, 6) is 1.89. The van der Waals surface area contributed by atoms with Gasteiger partial charge in [0.2, 0.25) is 0 Å². The number of hydrogen-bond acceptors (Lipinski definition) is 7. The van der Waals surface area contributed by atoms with Gasteiger partial charge in [-0.1, -0.05) is 36.4 Å². The maximum atomic E-state index is 12.8. The summed E-state index contributed by atoms with van der Waals surface area (Å²) >= 11 is 0. The number of aryl methyl sites for hydroxylation is 2. The van der Waals surface area contributed by atoms with Gasteiger partial charge in [0, 0.05) is 37.4 Å². The average molecular weight is 549 g/mol. The Bertz CT molecular complexity index is 1170. The van der Waals surface area contributed by atoms with Crippen LogP contribution in [0.2, 0.25) is 0 Å². The van der Waals surface area contributed by atoms with Gasteiger partial charge in [-0.05, 0) is 89.0 Å². The second-order valence-corrected chi connectivity index (χ2v) is 12.4. The zero-order chi connectivity index (χ0) is 28.3. The van der Waals surface area contributed by atoms with E-state index in [1.807, 2.05) is 45.9 Å². The standard InChI is InChI=1S/C32H44N4O4/c1-5-39-28(37)19-27(22-11-7-6-8-12-22)34-29-25-20-35(21-26(25)29)17-10-14-24-16-15-23-13-9-18-36(30(23)33-24)31(38)40-32(2,3)4/h6-8,11-12,15-16,25-27,29,34H,5,9-10,13-14,17-21H2,1-4H3/t25-,26+,27?,29?. The summed E-state index contributed by atoms with van der Waals surface area (Å²) in [5.41, 5.74) is 2.76. The predicted octanol–water partition coefficient (Wildman–Crippen LogP) is 4.92. The Morgan fingerprint density at radius 1 is 1.10 bits per heavy atom. The van der Waals surface area contributed by atoms with Crippen molar-refractivity contribution in [2.24, 2.45) is 11.8 Å². The van der Waals surface area contributed by atoms with E-state index >= 15 is 0 Å². The number of pyridine rings is 1. The first kappa shape index (κ1) is 28.6. The molecule has 2 unspecified atom stereocenters. The molecule has 2 fully saturated rings. The molecule has 1 saturated carbocycles. The van der Waals surface area contributed by atoms with E-state index in [2.05, 4.69) is 34.5 Å². The third-order valence-electron chi connectivity index (χ3n) is 8.16. The van der Waals surface area contributed by atoms with Gasteiger partial charge in [-0.3, -0.25) is 9.69 Å². The molecule has 3 aliphatic rings. The van der Waals surface area contributed by atoms with Crippen molar-refractivity contribution in [3.63, 3.8) is 0 Å². The number of piperidine rings is 1. The van der Waals surface area contributed by atoms with Crippen LogP contribution in [0.3, 0.4) is 0 Å². The van der Waals surface area contributed by atoms with Crippen molar-refractivity contribution in [2.45, 2.75) is 77.5 Å². The SMILES string of the molecule is CCOC(=O)CC(NC1[C@H]2CN(CCCc3ccc4c(n3)N(C(=O)OC(C)(C)C)CCC4)C[C@@H]12)c1ccccc1. The van der Waals surface area contributed by atoms with Crippen LogP contribution in [0.15, 0.2) is 42.5 Å². The minimum Gasteiger partial charge on any atom is -0.466 e. The number of fused-ring (bicyclic) bond motifs is 2. The average Bonchev–Trinajstić information content (AvgIpc) is 3.35. The van der Waals surface area contributed by atoms with Crippen LogP contribution in [0.5, 0.6) is 0 Å². The van der Waals surface area contributed by atoms with E-state index in [4.69, 9.17) is 14.5 Å². The second-order valence-electron chi connectivity index (χ2n) is 12.4. The maximum Gasteiger partial charge on any atom is 0.416 e. The molecule has 40 heavy (non-hydrogen) atoms. The lowest BCUT2D eigenvalue weighted by atomic mass is 10.0. The third kappa shape index (κ3) is 7.02. The van der Waals surface area contributed by atoms with Crippen molar-refractivity contribution in [1.29, 1.82) is 0 Å². The molecule has 0 bridgehead atoms. The lowest BCUT2D eigenvalue weighted by Crippen LogP contribution is -2.40. The van der Waals surface area contributed by atoms with E-state index in [1.54, 1.807) is 4.90 Å². The van der Waals surface area contributed by atoms with E-state index < -0.39 is 5.60 Å². The zero-order valence-electron chi connectivity index (χ0n) is 24.4. The Balaban J connectivity index is 1.10. The minimum atomic E-state index is -0.527. The summed E-state index contributed by atoms with van der Waals surface area (Å²) in [6, 6.07) is 14.9. The fourth-order valence-corrected chi connectivity index (χ4v) is 6.22. The van der Waals surface area contributed by atoms with E-state index in [0.29, 0.717) is 37.5 Å². The molecular formula is C32H44N4O4. The number of carbonyl (C=O) groups is 2. The van der Waals surface area contributed by atoms with E-state index in [0.717, 1.165) is 68.0 Å². The van der Waals surface area contributed by atoms with E-state index in [1.165, 1.54) is 0 Å². The molecule has 1 saturated heterocycles. The van der Waals surface area contributed by atoms with Crippen LogP contribution in [0.25, 0.3) is 0 Å². The molecule has 0 radical (unpaired) electrons. The summed E-state index contributed by atoms with van der Waals surface area (Å²) in [6.45, 7) is 11.8. The van der Waals surface area contributed by atoms with Crippen LogP contribution in [0.1, 0.15) is 69.8 Å². The fourth-order valence-electron chi connectivity index (χ4n) is 6.22. The number of nitrogens with one attached hydrogen (secondary N) is 1. The second kappa shape index (κ2) is 12.3. The maximum absolute atomic E-state index is 12.8. The summed E-state index contributed by atoms with van der Waals surface area (Å²) < 4.78 is 10.9.